The highest BCUT2D eigenvalue weighted by atomic mass is 16.6. The van der Waals surface area contributed by atoms with Crippen molar-refractivity contribution in [1.29, 1.82) is 0 Å². The number of H-pyrrole nitrogens is 1. The molecule has 3 heterocycles. The Bertz CT molecular complexity index is 916. The minimum atomic E-state index is -1.22. The number of imidazole rings is 1. The van der Waals surface area contributed by atoms with Crippen molar-refractivity contribution in [3.8, 4) is 0 Å². The van der Waals surface area contributed by atoms with Crippen molar-refractivity contribution in [3.05, 3.63) is 47.5 Å². The van der Waals surface area contributed by atoms with Gasteiger partial charge in [0.25, 0.3) is 0 Å². The Morgan fingerprint density at radius 3 is 2.54 bits per heavy atom. The number of aromatic amines is 1. The molecule has 9 heteroatoms. The summed E-state index contributed by atoms with van der Waals surface area (Å²) in [4.78, 5) is 16.0. The summed E-state index contributed by atoms with van der Waals surface area (Å²) < 4.78 is 5.48. The summed E-state index contributed by atoms with van der Waals surface area (Å²) in [5.41, 5.74) is 7.87. The quantitative estimate of drug-likeness (QED) is 0.426. The van der Waals surface area contributed by atoms with Crippen LogP contribution in [-0.4, -0.2) is 60.2 Å². The predicted octanol–water partition coefficient (Wildman–Crippen LogP) is -0.320. The zero-order valence-corrected chi connectivity index (χ0v) is 13.8. The number of aliphatic hydroxyl groups excluding tert-OH is 3. The third kappa shape index (κ3) is 2.90. The number of hydrogen-bond donors (Lipinski definition) is 5. The van der Waals surface area contributed by atoms with Crippen molar-refractivity contribution in [2.45, 2.75) is 30.8 Å². The molecule has 6 N–H and O–H groups in total. The first-order valence-corrected chi connectivity index (χ1v) is 8.25. The van der Waals surface area contributed by atoms with Crippen LogP contribution in [0.5, 0.6) is 0 Å². The van der Waals surface area contributed by atoms with Gasteiger partial charge < -0.3 is 30.8 Å². The van der Waals surface area contributed by atoms with E-state index < -0.39 is 31.0 Å². The molecule has 136 valence electrons. The van der Waals surface area contributed by atoms with E-state index in [1.807, 2.05) is 30.3 Å². The molecule has 26 heavy (non-hydrogen) atoms. The molecule has 1 aliphatic rings. The number of aromatic nitrogens is 4. The Morgan fingerprint density at radius 2 is 1.85 bits per heavy atom. The molecule has 0 saturated carbocycles. The summed E-state index contributed by atoms with van der Waals surface area (Å²) in [6, 6.07) is 9.75. The Morgan fingerprint density at radius 1 is 1.08 bits per heavy atom. The maximum Gasteiger partial charge on any atom is 0.183 e. The fraction of sp³-hybridized carbons (Fsp3) is 0.353. The second kappa shape index (κ2) is 6.61. The second-order valence-corrected chi connectivity index (χ2v) is 6.27. The van der Waals surface area contributed by atoms with Gasteiger partial charge in [0.15, 0.2) is 11.5 Å². The van der Waals surface area contributed by atoms with E-state index in [1.165, 1.54) is 0 Å². The summed E-state index contributed by atoms with van der Waals surface area (Å²) in [5, 5.41) is 29.3. The lowest BCUT2D eigenvalue weighted by atomic mass is 10.1. The molecule has 0 spiro atoms. The average molecular weight is 357 g/mol. The fourth-order valence-corrected chi connectivity index (χ4v) is 3.10. The highest BCUT2D eigenvalue weighted by Gasteiger charge is 2.44. The number of nitrogen functional groups attached to an aromatic ring is 1. The summed E-state index contributed by atoms with van der Waals surface area (Å²) >= 11 is 0. The molecule has 3 aromatic rings. The van der Waals surface area contributed by atoms with Crippen LogP contribution in [0.2, 0.25) is 0 Å². The molecular weight excluding hydrogens is 338 g/mol. The van der Waals surface area contributed by atoms with Gasteiger partial charge in [-0.2, -0.15) is 0 Å². The molecule has 9 nitrogen and oxygen atoms in total. The molecule has 0 bridgehead atoms. The molecule has 1 saturated heterocycles. The number of anilines is 1. The molecule has 0 amide bonds. The van der Waals surface area contributed by atoms with Crippen LogP contribution in [0.25, 0.3) is 11.2 Å². The topological polar surface area (TPSA) is 150 Å². The Hall–Kier alpha value is -2.59. The number of hydrogen-bond acceptors (Lipinski definition) is 8. The van der Waals surface area contributed by atoms with E-state index in [2.05, 4.69) is 19.9 Å². The van der Waals surface area contributed by atoms with Gasteiger partial charge in [0.1, 0.15) is 41.6 Å². The number of nitrogens with zero attached hydrogens (tertiary/aromatic N) is 3. The van der Waals surface area contributed by atoms with Crippen LogP contribution in [0.4, 0.5) is 5.82 Å². The summed E-state index contributed by atoms with van der Waals surface area (Å²) in [5.74, 6) is 1.05. The number of benzene rings is 1. The third-order valence-electron chi connectivity index (χ3n) is 4.46. The van der Waals surface area contributed by atoms with Crippen LogP contribution in [0.15, 0.2) is 30.3 Å². The van der Waals surface area contributed by atoms with E-state index in [0.29, 0.717) is 23.4 Å². The van der Waals surface area contributed by atoms with Crippen molar-refractivity contribution in [1.82, 2.24) is 19.9 Å². The monoisotopic (exact) mass is 357 g/mol. The normalized spacial score (nSPS) is 25.8. The molecule has 4 atom stereocenters. The fourth-order valence-electron chi connectivity index (χ4n) is 3.10. The molecule has 1 unspecified atom stereocenters. The van der Waals surface area contributed by atoms with E-state index in [-0.39, 0.29) is 11.6 Å². The number of aliphatic hydroxyl groups is 3. The SMILES string of the molecule is Nc1nc(Cc2ccccc2)nc2nc(C3O[C@H](CO)[C@@H](O)[C@H]3O)[nH]c12. The van der Waals surface area contributed by atoms with Crippen molar-refractivity contribution in [2.75, 3.05) is 12.3 Å². The van der Waals surface area contributed by atoms with Crippen LogP contribution in [0.1, 0.15) is 23.3 Å². The molecule has 2 aromatic heterocycles. The molecule has 1 aromatic carbocycles. The van der Waals surface area contributed by atoms with Gasteiger partial charge in [0, 0.05) is 6.42 Å². The number of fused-ring (bicyclic) bond motifs is 1. The van der Waals surface area contributed by atoms with Crippen LogP contribution in [0, 0.1) is 0 Å². The smallest absolute Gasteiger partial charge is 0.183 e. The summed E-state index contributed by atoms with van der Waals surface area (Å²) in [6.07, 6.45) is -3.69. The van der Waals surface area contributed by atoms with Crippen molar-refractivity contribution < 1.29 is 20.1 Å². The largest absolute Gasteiger partial charge is 0.394 e. The van der Waals surface area contributed by atoms with Gasteiger partial charge in [-0.1, -0.05) is 30.3 Å². The van der Waals surface area contributed by atoms with E-state index in [1.54, 1.807) is 0 Å². The number of nitrogens with one attached hydrogen (secondary N) is 1. The van der Waals surface area contributed by atoms with Gasteiger partial charge in [-0.05, 0) is 5.56 Å². The first kappa shape index (κ1) is 16.9. The van der Waals surface area contributed by atoms with Gasteiger partial charge in [-0.15, -0.1) is 0 Å². The van der Waals surface area contributed by atoms with Crippen LogP contribution < -0.4 is 5.73 Å². The minimum absolute atomic E-state index is 0.242. The first-order valence-electron chi connectivity index (χ1n) is 8.25. The number of rotatable bonds is 4. The zero-order valence-electron chi connectivity index (χ0n) is 13.8. The summed E-state index contributed by atoms with van der Waals surface area (Å²) in [7, 11) is 0. The first-order chi connectivity index (χ1) is 12.6. The predicted molar refractivity (Wildman–Crippen MR) is 92.1 cm³/mol. The van der Waals surface area contributed by atoms with Crippen molar-refractivity contribution in [2.24, 2.45) is 0 Å². The lowest BCUT2D eigenvalue weighted by Gasteiger charge is -2.11. The van der Waals surface area contributed by atoms with Crippen LogP contribution >= 0.6 is 0 Å². The van der Waals surface area contributed by atoms with Gasteiger partial charge in [0.2, 0.25) is 0 Å². The Balaban J connectivity index is 1.66. The standard InChI is InChI=1S/C17H19N5O4/c18-15-11-16(20-10(19-15)6-8-4-2-1-3-5-8)22-17(21-11)14-13(25)12(24)9(7-23)26-14/h1-5,9,12-14,23-25H,6-7H2,(H3,18,19,20,21,22)/t9-,12-,13-,14?/m1/s1. The Kier molecular flexibility index (Phi) is 4.29. The van der Waals surface area contributed by atoms with Crippen molar-refractivity contribution in [3.63, 3.8) is 0 Å². The highest BCUT2D eigenvalue weighted by molar-refractivity contribution is 5.81. The van der Waals surface area contributed by atoms with Gasteiger partial charge in [-0.3, -0.25) is 0 Å². The molecule has 1 aliphatic heterocycles. The van der Waals surface area contributed by atoms with Gasteiger partial charge in [0.05, 0.1) is 6.61 Å². The van der Waals surface area contributed by atoms with Gasteiger partial charge >= 0.3 is 0 Å². The minimum Gasteiger partial charge on any atom is -0.394 e. The second-order valence-electron chi connectivity index (χ2n) is 6.27. The summed E-state index contributed by atoms with van der Waals surface area (Å²) in [6.45, 7) is -0.405. The molecule has 4 rings (SSSR count). The number of ether oxygens (including phenoxy) is 1. The van der Waals surface area contributed by atoms with Crippen molar-refractivity contribution >= 4 is 17.0 Å². The average Bonchev–Trinajstić information content (AvgIpc) is 3.18. The van der Waals surface area contributed by atoms with E-state index in [0.717, 1.165) is 5.56 Å². The van der Waals surface area contributed by atoms with E-state index >= 15 is 0 Å². The van der Waals surface area contributed by atoms with E-state index in [4.69, 9.17) is 10.5 Å². The number of nitrogens with two attached hydrogens (primary N) is 1. The van der Waals surface area contributed by atoms with Gasteiger partial charge in [-0.25, -0.2) is 15.0 Å². The lowest BCUT2D eigenvalue weighted by Crippen LogP contribution is -2.32. The highest BCUT2D eigenvalue weighted by Crippen LogP contribution is 2.33. The van der Waals surface area contributed by atoms with Crippen LogP contribution in [0.3, 0.4) is 0 Å². The molecule has 0 radical (unpaired) electrons. The molecule has 0 aliphatic carbocycles. The molecular formula is C17H19N5O4. The third-order valence-corrected chi connectivity index (χ3v) is 4.46. The van der Waals surface area contributed by atoms with E-state index in [9.17, 15) is 15.3 Å². The zero-order chi connectivity index (χ0) is 18.3. The lowest BCUT2D eigenvalue weighted by molar-refractivity contribution is -0.0249. The maximum atomic E-state index is 10.1. The Labute approximate surface area is 148 Å². The van der Waals surface area contributed by atoms with Crippen LogP contribution in [-0.2, 0) is 11.2 Å². The molecule has 1 fully saturated rings. The maximum absolute atomic E-state index is 10.1.